The van der Waals surface area contributed by atoms with Gasteiger partial charge in [0.25, 0.3) is 0 Å². The topological polar surface area (TPSA) is 26.9 Å². The Bertz CT molecular complexity index is 389. The van der Waals surface area contributed by atoms with Crippen molar-refractivity contribution >= 4 is 11.3 Å². The van der Waals surface area contributed by atoms with Crippen LogP contribution < -0.4 is 4.73 Å². The van der Waals surface area contributed by atoms with Crippen LogP contribution in [0.2, 0.25) is 0 Å². The first-order valence-electron chi connectivity index (χ1n) is 3.95. The molecule has 3 heteroatoms. The molecule has 65 valence electrons. The van der Waals surface area contributed by atoms with Gasteiger partial charge >= 0.3 is 5.51 Å². The summed E-state index contributed by atoms with van der Waals surface area (Å²) in [6, 6.07) is 9.64. The molecule has 1 heterocycles. The van der Waals surface area contributed by atoms with Gasteiger partial charge in [-0.3, -0.25) is 0 Å². The summed E-state index contributed by atoms with van der Waals surface area (Å²) in [6.45, 7) is 1.93. The van der Waals surface area contributed by atoms with E-state index in [9.17, 15) is 5.21 Å². The summed E-state index contributed by atoms with van der Waals surface area (Å²) in [5.41, 5.74) is 4.30. The summed E-state index contributed by atoms with van der Waals surface area (Å²) in [4.78, 5) is 1.00. The first-order valence-corrected chi connectivity index (χ1v) is 4.77. The third-order valence-electron chi connectivity index (χ3n) is 1.87. The zero-order valence-corrected chi connectivity index (χ0v) is 7.97. The molecule has 0 spiro atoms. The van der Waals surface area contributed by atoms with Gasteiger partial charge in [-0.05, 0) is 19.1 Å². The Hall–Kier alpha value is -1.35. The fourth-order valence-electron chi connectivity index (χ4n) is 1.26. The van der Waals surface area contributed by atoms with Crippen molar-refractivity contribution in [3.63, 3.8) is 0 Å². The lowest BCUT2D eigenvalue weighted by atomic mass is 10.1. The second-order valence-corrected chi connectivity index (χ2v) is 3.76. The van der Waals surface area contributed by atoms with Crippen molar-refractivity contribution in [2.75, 3.05) is 0 Å². The van der Waals surface area contributed by atoms with E-state index in [1.54, 1.807) is 0 Å². The van der Waals surface area contributed by atoms with Crippen molar-refractivity contribution in [2.24, 2.45) is 0 Å². The van der Waals surface area contributed by atoms with E-state index in [4.69, 9.17) is 0 Å². The highest BCUT2D eigenvalue weighted by Crippen LogP contribution is 2.21. The van der Waals surface area contributed by atoms with Crippen LogP contribution >= 0.6 is 11.3 Å². The average Bonchev–Trinajstić information content (AvgIpc) is 2.48. The summed E-state index contributed by atoms with van der Waals surface area (Å²) in [5, 5.41) is 11.3. The molecule has 0 bridgehead atoms. The van der Waals surface area contributed by atoms with Crippen LogP contribution in [0.15, 0.2) is 30.3 Å². The van der Waals surface area contributed by atoms with Crippen LogP contribution in [-0.2, 0) is 0 Å². The lowest BCUT2D eigenvalue weighted by Crippen LogP contribution is -2.25. The number of aryl methyl sites for hydroxylation is 1. The first kappa shape index (κ1) is 8.26. The molecule has 0 unspecified atom stereocenters. The first-order chi connectivity index (χ1) is 6.29. The van der Waals surface area contributed by atoms with Gasteiger partial charge in [0.15, 0.2) is 0 Å². The molecule has 2 aromatic rings. The highest BCUT2D eigenvalue weighted by atomic mass is 32.1. The number of aromatic nitrogens is 1. The molecular weight excluding hydrogens is 182 g/mol. The van der Waals surface area contributed by atoms with Gasteiger partial charge in [0.2, 0.25) is 5.69 Å². The number of nitrogens with zero attached hydrogens (tertiary/aromatic N) is 1. The van der Waals surface area contributed by atoms with E-state index < -0.39 is 0 Å². The lowest BCUT2D eigenvalue weighted by Gasteiger charge is -1.98. The molecule has 2 rings (SSSR count). The molecule has 0 saturated carbocycles. The molecule has 1 aromatic carbocycles. The minimum atomic E-state index is 0.714. The summed E-state index contributed by atoms with van der Waals surface area (Å²) >= 11 is 1.35. The summed E-state index contributed by atoms with van der Waals surface area (Å²) in [7, 11) is 0. The number of thiazole rings is 1. The van der Waals surface area contributed by atoms with Crippen LogP contribution in [0.3, 0.4) is 0 Å². The van der Waals surface area contributed by atoms with E-state index in [0.717, 1.165) is 15.2 Å². The highest BCUT2D eigenvalue weighted by molar-refractivity contribution is 7.09. The summed E-state index contributed by atoms with van der Waals surface area (Å²) < 4.78 is 0.801. The standard InChI is InChI=1S/C10H8NOS/c1-8-10(11(12)7-13-8)9-5-3-2-4-6-9/h2-6H,1H3. The Kier molecular flexibility index (Phi) is 2.02. The Morgan fingerprint density at radius 3 is 2.54 bits per heavy atom. The van der Waals surface area contributed by atoms with Crippen LogP contribution in [0.1, 0.15) is 4.88 Å². The zero-order valence-electron chi connectivity index (χ0n) is 7.15. The van der Waals surface area contributed by atoms with Crippen LogP contribution in [0.25, 0.3) is 11.3 Å². The molecule has 0 saturated heterocycles. The fraction of sp³-hybridized carbons (Fsp3) is 0.100. The summed E-state index contributed by atoms with van der Waals surface area (Å²) in [6.07, 6.45) is 0. The van der Waals surface area contributed by atoms with Crippen LogP contribution in [0, 0.1) is 17.6 Å². The van der Waals surface area contributed by atoms with Crippen molar-refractivity contribution in [1.29, 1.82) is 0 Å². The molecule has 0 amide bonds. The van der Waals surface area contributed by atoms with E-state index in [-0.39, 0.29) is 0 Å². The maximum absolute atomic E-state index is 11.3. The van der Waals surface area contributed by atoms with Crippen molar-refractivity contribution in [2.45, 2.75) is 6.92 Å². The Labute approximate surface area is 80.7 Å². The molecular formula is C10H8NOS. The second kappa shape index (κ2) is 3.18. The maximum atomic E-state index is 11.3. The molecule has 0 aliphatic rings. The maximum Gasteiger partial charge on any atom is 0.359 e. The van der Waals surface area contributed by atoms with E-state index in [2.05, 4.69) is 5.51 Å². The van der Waals surface area contributed by atoms with Gasteiger partial charge in [-0.25, -0.2) is 0 Å². The van der Waals surface area contributed by atoms with Gasteiger partial charge in [0.05, 0.1) is 4.88 Å². The smallest absolute Gasteiger partial charge is 0.359 e. The molecule has 0 aliphatic carbocycles. The highest BCUT2D eigenvalue weighted by Gasteiger charge is 2.14. The zero-order chi connectivity index (χ0) is 9.26. The third-order valence-corrected chi connectivity index (χ3v) is 2.62. The van der Waals surface area contributed by atoms with E-state index >= 15 is 0 Å². The number of benzene rings is 1. The Morgan fingerprint density at radius 1 is 1.31 bits per heavy atom. The molecule has 1 aromatic heterocycles. The third kappa shape index (κ3) is 1.42. The molecule has 0 fully saturated rings. The van der Waals surface area contributed by atoms with E-state index in [0.29, 0.717) is 5.69 Å². The Morgan fingerprint density at radius 2 is 2.00 bits per heavy atom. The van der Waals surface area contributed by atoms with Crippen molar-refractivity contribution in [3.8, 4) is 11.3 Å². The van der Waals surface area contributed by atoms with E-state index in [1.165, 1.54) is 11.3 Å². The average molecular weight is 190 g/mol. The normalized spacial score (nSPS) is 10.2. The predicted octanol–water partition coefficient (Wildman–Crippen LogP) is 2.16. The largest absolute Gasteiger partial charge is 0.617 e. The number of hydrogen-bond acceptors (Lipinski definition) is 2. The van der Waals surface area contributed by atoms with Crippen LogP contribution in [0.4, 0.5) is 0 Å². The predicted molar refractivity (Wildman–Crippen MR) is 52.3 cm³/mol. The SMILES string of the molecule is Cc1s[c][n+]([O-])c1-c1ccccc1. The number of rotatable bonds is 1. The van der Waals surface area contributed by atoms with Crippen LogP contribution in [0.5, 0.6) is 0 Å². The van der Waals surface area contributed by atoms with Gasteiger partial charge in [0.1, 0.15) is 0 Å². The van der Waals surface area contributed by atoms with Gasteiger partial charge in [-0.15, -0.1) is 4.73 Å². The molecule has 0 atom stereocenters. The van der Waals surface area contributed by atoms with Gasteiger partial charge in [0, 0.05) is 5.56 Å². The van der Waals surface area contributed by atoms with Gasteiger partial charge < -0.3 is 5.21 Å². The van der Waals surface area contributed by atoms with Crippen molar-refractivity contribution in [1.82, 2.24) is 0 Å². The quantitative estimate of drug-likeness (QED) is 0.500. The van der Waals surface area contributed by atoms with Gasteiger partial charge in [-0.2, -0.15) is 0 Å². The molecule has 2 nitrogen and oxygen atoms in total. The van der Waals surface area contributed by atoms with Crippen molar-refractivity contribution in [3.05, 3.63) is 45.9 Å². The lowest BCUT2D eigenvalue weighted by molar-refractivity contribution is -0.592. The molecule has 0 N–H and O–H groups in total. The monoisotopic (exact) mass is 190 g/mol. The molecule has 0 aliphatic heterocycles. The second-order valence-electron chi connectivity index (χ2n) is 2.76. The molecule has 13 heavy (non-hydrogen) atoms. The fourth-order valence-corrected chi connectivity index (χ4v) is 1.87. The van der Waals surface area contributed by atoms with Crippen LogP contribution in [-0.4, -0.2) is 0 Å². The summed E-state index contributed by atoms with van der Waals surface area (Å²) in [5.74, 6) is 0. The number of hydrogen-bond donors (Lipinski definition) is 0. The van der Waals surface area contributed by atoms with E-state index in [1.807, 2.05) is 37.3 Å². The Balaban J connectivity index is 2.59. The molecule has 1 radical (unpaired) electrons. The minimum absolute atomic E-state index is 0.714. The van der Waals surface area contributed by atoms with Gasteiger partial charge in [-0.1, -0.05) is 29.5 Å². The van der Waals surface area contributed by atoms with Crippen molar-refractivity contribution < 1.29 is 4.73 Å². The minimum Gasteiger partial charge on any atom is -0.617 e.